The van der Waals surface area contributed by atoms with Crippen LogP contribution in [0.2, 0.25) is 0 Å². The van der Waals surface area contributed by atoms with Crippen molar-refractivity contribution in [2.45, 2.75) is 26.0 Å². The molecule has 0 atom stereocenters. The van der Waals surface area contributed by atoms with Crippen LogP contribution in [0.15, 0.2) is 48.5 Å². The van der Waals surface area contributed by atoms with Crippen LogP contribution in [0.1, 0.15) is 18.4 Å². The molecular weight excluding hydrogens is 344 g/mol. The summed E-state index contributed by atoms with van der Waals surface area (Å²) < 4.78 is 7.82. The molecule has 7 heteroatoms. The highest BCUT2D eigenvalue weighted by molar-refractivity contribution is 5.86. The van der Waals surface area contributed by atoms with E-state index in [-0.39, 0.29) is 10.6 Å². The van der Waals surface area contributed by atoms with Crippen molar-refractivity contribution in [3.63, 3.8) is 0 Å². The fraction of sp³-hybridized carbons (Fsp3) is 0.350. The molecule has 0 aliphatic carbocycles. The predicted octanol–water partition coefficient (Wildman–Crippen LogP) is 3.62. The maximum absolute atomic E-state index is 11.2. The van der Waals surface area contributed by atoms with Crippen molar-refractivity contribution in [3.05, 3.63) is 64.2 Å². The molecule has 0 saturated carbocycles. The van der Waals surface area contributed by atoms with E-state index in [4.69, 9.17) is 4.74 Å². The van der Waals surface area contributed by atoms with Crippen LogP contribution in [-0.2, 0) is 13.2 Å². The van der Waals surface area contributed by atoms with Crippen LogP contribution < -0.4 is 4.74 Å². The summed E-state index contributed by atoms with van der Waals surface area (Å²) in [6.45, 7) is 4.29. The molecular formula is C20H22N4O3. The van der Waals surface area contributed by atoms with E-state index in [2.05, 4.69) is 10.00 Å². The second-order valence-electron chi connectivity index (χ2n) is 6.81. The van der Waals surface area contributed by atoms with E-state index < -0.39 is 0 Å². The third-order valence-electron chi connectivity index (χ3n) is 4.96. The number of nitro groups is 1. The highest BCUT2D eigenvalue weighted by Crippen LogP contribution is 2.29. The minimum absolute atomic E-state index is 0.0474. The Hall–Kier alpha value is -2.93. The highest BCUT2D eigenvalue weighted by atomic mass is 16.6. The summed E-state index contributed by atoms with van der Waals surface area (Å²) in [6, 6.07) is 14.7. The topological polar surface area (TPSA) is 73.4 Å². The fourth-order valence-electron chi connectivity index (χ4n) is 3.50. The van der Waals surface area contributed by atoms with Gasteiger partial charge in [0.05, 0.1) is 22.4 Å². The number of nitro benzene ring substituents is 1. The van der Waals surface area contributed by atoms with Gasteiger partial charge in [-0.25, -0.2) is 0 Å². The largest absolute Gasteiger partial charge is 0.471 e. The lowest BCUT2D eigenvalue weighted by atomic mass is 10.2. The van der Waals surface area contributed by atoms with Gasteiger partial charge in [0.25, 0.3) is 5.69 Å². The highest BCUT2D eigenvalue weighted by Gasteiger charge is 2.18. The summed E-state index contributed by atoms with van der Waals surface area (Å²) >= 11 is 0. The van der Waals surface area contributed by atoms with Crippen molar-refractivity contribution >= 4 is 16.6 Å². The Kier molecular flexibility index (Phi) is 5.02. The standard InChI is InChI=1S/C20H22N4O3/c25-24(26)17-8-9-19-18(14-17)20(27-15-16-6-2-1-3-7-16)21-23(19)13-12-22-10-4-5-11-22/h1-3,6-9,14H,4-5,10-13,15H2. The minimum atomic E-state index is -0.387. The molecule has 1 aliphatic rings. The molecule has 3 aromatic rings. The summed E-state index contributed by atoms with van der Waals surface area (Å²) in [7, 11) is 0. The zero-order chi connectivity index (χ0) is 18.6. The van der Waals surface area contributed by atoms with Gasteiger partial charge in [0.15, 0.2) is 0 Å². The van der Waals surface area contributed by atoms with E-state index in [1.54, 1.807) is 12.1 Å². The van der Waals surface area contributed by atoms with Gasteiger partial charge in [0.1, 0.15) is 6.61 Å². The SMILES string of the molecule is O=[N+]([O-])c1ccc2c(c1)c(OCc1ccccc1)nn2CCN1CCCC1. The van der Waals surface area contributed by atoms with Crippen molar-refractivity contribution in [3.8, 4) is 5.88 Å². The van der Waals surface area contributed by atoms with E-state index in [0.29, 0.717) is 17.9 Å². The van der Waals surface area contributed by atoms with Gasteiger partial charge in [-0.05, 0) is 37.6 Å². The Labute approximate surface area is 157 Å². The van der Waals surface area contributed by atoms with Crippen molar-refractivity contribution in [1.29, 1.82) is 0 Å². The maximum atomic E-state index is 11.2. The zero-order valence-corrected chi connectivity index (χ0v) is 15.1. The number of non-ortho nitro benzene ring substituents is 1. The third kappa shape index (κ3) is 3.93. The molecule has 0 radical (unpaired) electrons. The van der Waals surface area contributed by atoms with E-state index in [1.807, 2.05) is 35.0 Å². The first-order chi connectivity index (χ1) is 13.2. The van der Waals surface area contributed by atoms with Gasteiger partial charge < -0.3 is 9.64 Å². The Morgan fingerprint density at radius 2 is 1.85 bits per heavy atom. The molecule has 1 aromatic heterocycles. The van der Waals surface area contributed by atoms with Gasteiger partial charge >= 0.3 is 0 Å². The van der Waals surface area contributed by atoms with Crippen LogP contribution in [0.3, 0.4) is 0 Å². The van der Waals surface area contributed by atoms with Gasteiger partial charge in [0.2, 0.25) is 5.88 Å². The Balaban J connectivity index is 1.60. The van der Waals surface area contributed by atoms with Crippen LogP contribution in [-0.4, -0.2) is 39.2 Å². The first kappa shape index (κ1) is 17.5. The molecule has 0 N–H and O–H groups in total. The van der Waals surface area contributed by atoms with Gasteiger partial charge in [-0.2, -0.15) is 0 Å². The number of nitrogens with zero attached hydrogens (tertiary/aromatic N) is 4. The molecule has 2 aromatic carbocycles. The summed E-state index contributed by atoms with van der Waals surface area (Å²) in [4.78, 5) is 13.2. The molecule has 0 spiro atoms. The molecule has 7 nitrogen and oxygen atoms in total. The number of fused-ring (bicyclic) bond motifs is 1. The molecule has 1 fully saturated rings. The zero-order valence-electron chi connectivity index (χ0n) is 15.1. The number of likely N-dealkylation sites (tertiary alicyclic amines) is 1. The van der Waals surface area contributed by atoms with E-state index in [0.717, 1.165) is 37.3 Å². The van der Waals surface area contributed by atoms with Crippen molar-refractivity contribution in [2.24, 2.45) is 0 Å². The first-order valence-corrected chi connectivity index (χ1v) is 9.25. The summed E-state index contributed by atoms with van der Waals surface area (Å²) in [6.07, 6.45) is 2.50. The number of benzene rings is 2. The molecule has 27 heavy (non-hydrogen) atoms. The Bertz CT molecular complexity index is 933. The normalized spacial score (nSPS) is 14.7. The maximum Gasteiger partial charge on any atom is 0.270 e. The van der Waals surface area contributed by atoms with Crippen LogP contribution in [0.4, 0.5) is 5.69 Å². The summed E-state index contributed by atoms with van der Waals surface area (Å²) in [5.41, 5.74) is 1.94. The van der Waals surface area contributed by atoms with Crippen molar-refractivity contribution in [2.75, 3.05) is 19.6 Å². The molecule has 4 rings (SSSR count). The van der Waals surface area contributed by atoms with Crippen molar-refractivity contribution < 1.29 is 9.66 Å². The molecule has 0 amide bonds. The third-order valence-corrected chi connectivity index (χ3v) is 4.96. The number of aromatic nitrogens is 2. The number of hydrogen-bond acceptors (Lipinski definition) is 5. The van der Waals surface area contributed by atoms with Crippen LogP contribution in [0, 0.1) is 10.1 Å². The number of ether oxygens (including phenoxy) is 1. The average molecular weight is 366 g/mol. The van der Waals surface area contributed by atoms with Crippen molar-refractivity contribution in [1.82, 2.24) is 14.7 Å². The first-order valence-electron chi connectivity index (χ1n) is 9.25. The predicted molar refractivity (Wildman–Crippen MR) is 103 cm³/mol. The molecule has 1 saturated heterocycles. The smallest absolute Gasteiger partial charge is 0.270 e. The van der Waals surface area contributed by atoms with E-state index in [1.165, 1.54) is 18.9 Å². The molecule has 140 valence electrons. The van der Waals surface area contributed by atoms with Gasteiger partial charge in [-0.1, -0.05) is 30.3 Å². The van der Waals surface area contributed by atoms with E-state index >= 15 is 0 Å². The van der Waals surface area contributed by atoms with Crippen LogP contribution in [0.5, 0.6) is 5.88 Å². The van der Waals surface area contributed by atoms with Gasteiger partial charge in [0, 0.05) is 18.7 Å². The minimum Gasteiger partial charge on any atom is -0.471 e. The van der Waals surface area contributed by atoms with Gasteiger partial charge in [-0.15, -0.1) is 5.10 Å². The molecule has 2 heterocycles. The Morgan fingerprint density at radius 1 is 1.07 bits per heavy atom. The average Bonchev–Trinajstić information content (AvgIpc) is 3.33. The Morgan fingerprint density at radius 3 is 2.59 bits per heavy atom. The number of hydrogen-bond donors (Lipinski definition) is 0. The lowest BCUT2D eigenvalue weighted by Gasteiger charge is -2.14. The quantitative estimate of drug-likeness (QED) is 0.472. The fourth-order valence-corrected chi connectivity index (χ4v) is 3.50. The van der Waals surface area contributed by atoms with Crippen LogP contribution >= 0.6 is 0 Å². The monoisotopic (exact) mass is 366 g/mol. The summed E-state index contributed by atoms with van der Waals surface area (Å²) in [5.74, 6) is 0.443. The van der Waals surface area contributed by atoms with Crippen LogP contribution in [0.25, 0.3) is 10.9 Å². The molecule has 0 bridgehead atoms. The second-order valence-corrected chi connectivity index (χ2v) is 6.81. The summed E-state index contributed by atoms with van der Waals surface area (Å²) in [5, 5.41) is 16.5. The van der Waals surface area contributed by atoms with E-state index in [9.17, 15) is 10.1 Å². The van der Waals surface area contributed by atoms with Gasteiger partial charge in [-0.3, -0.25) is 14.8 Å². The number of rotatable bonds is 7. The molecule has 1 aliphatic heterocycles. The second kappa shape index (κ2) is 7.75. The lowest BCUT2D eigenvalue weighted by Crippen LogP contribution is -2.24. The molecule has 0 unspecified atom stereocenters. The lowest BCUT2D eigenvalue weighted by molar-refractivity contribution is -0.384.